The van der Waals surface area contributed by atoms with E-state index in [-0.39, 0.29) is 41.7 Å². The Balaban J connectivity index is 1.07. The van der Waals surface area contributed by atoms with E-state index in [1.165, 1.54) is 17.0 Å². The minimum atomic E-state index is -5.10. The molecule has 0 spiro atoms. The molecule has 2 fully saturated rings. The number of ketones is 1. The zero-order valence-corrected chi connectivity index (χ0v) is 31.3. The van der Waals surface area contributed by atoms with Gasteiger partial charge in [-0.05, 0) is 111 Å². The van der Waals surface area contributed by atoms with Crippen LogP contribution >= 0.6 is 23.2 Å². The molecule has 1 unspecified atom stereocenters. The van der Waals surface area contributed by atoms with Crippen LogP contribution in [0.3, 0.4) is 0 Å². The van der Waals surface area contributed by atoms with Crippen molar-refractivity contribution in [2.24, 2.45) is 5.92 Å². The normalized spacial score (nSPS) is 18.6. The molecule has 6 nitrogen and oxygen atoms in total. The molecule has 1 atom stereocenters. The Labute approximate surface area is 327 Å². The zero-order chi connectivity index (χ0) is 40.0. The van der Waals surface area contributed by atoms with Crippen LogP contribution in [0, 0.1) is 11.7 Å². The van der Waals surface area contributed by atoms with Crippen LogP contribution in [-0.4, -0.2) is 63.8 Å². The summed E-state index contributed by atoms with van der Waals surface area (Å²) in [5.41, 5.74) is -1.51. The summed E-state index contributed by atoms with van der Waals surface area (Å²) in [5.74, 6) is -1.33. The molecule has 56 heavy (non-hydrogen) atoms. The van der Waals surface area contributed by atoms with E-state index in [2.05, 4.69) is 4.90 Å². The van der Waals surface area contributed by atoms with Gasteiger partial charge in [0.2, 0.25) is 5.78 Å². The van der Waals surface area contributed by atoms with Crippen LogP contribution in [0.25, 0.3) is 11.0 Å². The van der Waals surface area contributed by atoms with Gasteiger partial charge in [0.05, 0.1) is 32.2 Å². The molecular formula is C41H35Cl2F7N4O2. The molecule has 294 valence electrons. The molecule has 2 aliphatic rings. The number of hydrogen-bond donors (Lipinski definition) is 0. The van der Waals surface area contributed by atoms with Crippen molar-refractivity contribution >= 4 is 45.9 Å². The van der Waals surface area contributed by atoms with Crippen molar-refractivity contribution in [2.45, 2.75) is 50.0 Å². The van der Waals surface area contributed by atoms with Crippen LogP contribution in [0.2, 0.25) is 10.0 Å². The van der Waals surface area contributed by atoms with Gasteiger partial charge in [0.1, 0.15) is 5.82 Å². The average molecular weight is 820 g/mol. The van der Waals surface area contributed by atoms with Crippen LogP contribution in [-0.2, 0) is 24.3 Å². The highest BCUT2D eigenvalue weighted by atomic mass is 35.5. The number of nitrogens with zero attached hydrogens (tertiary/aromatic N) is 4. The third-order valence-corrected chi connectivity index (χ3v) is 11.7. The lowest BCUT2D eigenvalue weighted by Gasteiger charge is -2.36. The topological polar surface area (TPSA) is 58.4 Å². The van der Waals surface area contributed by atoms with Crippen LogP contribution in [0.4, 0.5) is 30.7 Å². The predicted molar refractivity (Wildman–Crippen MR) is 198 cm³/mol. The molecule has 1 amide bonds. The fourth-order valence-corrected chi connectivity index (χ4v) is 8.18. The van der Waals surface area contributed by atoms with Crippen molar-refractivity contribution in [3.05, 3.63) is 134 Å². The molecule has 5 aromatic rings. The monoisotopic (exact) mass is 818 g/mol. The molecule has 2 aliphatic heterocycles. The molecule has 0 N–H and O–H groups in total. The van der Waals surface area contributed by atoms with E-state index in [9.17, 15) is 40.3 Å². The van der Waals surface area contributed by atoms with Gasteiger partial charge in [0.15, 0.2) is 5.82 Å². The summed E-state index contributed by atoms with van der Waals surface area (Å²) in [6.07, 6.45) is -8.22. The van der Waals surface area contributed by atoms with Gasteiger partial charge in [-0.1, -0.05) is 53.5 Å². The molecule has 3 heterocycles. The van der Waals surface area contributed by atoms with E-state index in [1.54, 1.807) is 30.3 Å². The third kappa shape index (κ3) is 8.31. The van der Waals surface area contributed by atoms with Crippen molar-refractivity contribution in [2.75, 3.05) is 32.7 Å². The largest absolute Gasteiger partial charge is 0.416 e. The molecule has 0 aliphatic carbocycles. The van der Waals surface area contributed by atoms with E-state index in [1.807, 2.05) is 28.8 Å². The summed E-state index contributed by atoms with van der Waals surface area (Å²) in [6.45, 7) is 2.16. The first-order chi connectivity index (χ1) is 26.5. The average Bonchev–Trinajstić information content (AvgIpc) is 3.77. The van der Waals surface area contributed by atoms with Gasteiger partial charge in [-0.15, -0.1) is 0 Å². The minimum Gasteiger partial charge on any atom is -0.338 e. The van der Waals surface area contributed by atoms with Gasteiger partial charge in [-0.3, -0.25) is 9.59 Å². The number of carbonyl (C=O) groups is 2. The quantitative estimate of drug-likeness (QED) is 0.110. The maximum Gasteiger partial charge on any atom is 0.416 e. The number of amides is 1. The lowest BCUT2D eigenvalue weighted by Crippen LogP contribution is -2.41. The van der Waals surface area contributed by atoms with Gasteiger partial charge >= 0.3 is 12.4 Å². The SMILES string of the molecule is O=C(c1nc2ccccc2n1Cc1ccc(F)cc1)C1CCN(CCC2(c3ccc(Cl)c(Cl)c3)CCN(C(=O)c3cc(C(F)(F)F)cc(C(F)(F)F)c3)C2)CC1. The Bertz CT molecular complexity index is 2230. The summed E-state index contributed by atoms with van der Waals surface area (Å²) in [5, 5.41) is 0.573. The first-order valence-electron chi connectivity index (χ1n) is 18.0. The molecule has 1 aromatic heterocycles. The summed E-state index contributed by atoms with van der Waals surface area (Å²) in [4.78, 5) is 35.9. The standard InChI is InChI=1S/C41H35Cl2F7N4O2/c42-32-10-7-28(22-33(32)43)39(14-18-53(24-39)38(56)27-19-29(40(45,46)47)21-30(20-27)41(48,49)50)13-17-52-15-11-26(12-16-52)36(55)37-51-34-3-1-2-4-35(34)54(37)23-25-5-8-31(44)9-6-25/h1-10,19-22,26H,11-18,23-24H2. The van der Waals surface area contributed by atoms with Gasteiger partial charge in [-0.2, -0.15) is 26.3 Å². The highest BCUT2D eigenvalue weighted by molar-refractivity contribution is 6.42. The van der Waals surface area contributed by atoms with Crippen molar-refractivity contribution in [1.29, 1.82) is 0 Å². The molecule has 2 saturated heterocycles. The Morgan fingerprint density at radius 3 is 2.11 bits per heavy atom. The lowest BCUT2D eigenvalue weighted by molar-refractivity contribution is -0.143. The zero-order valence-electron chi connectivity index (χ0n) is 29.7. The summed E-state index contributed by atoms with van der Waals surface area (Å²) in [6, 6.07) is 19.6. The molecule has 0 radical (unpaired) electrons. The Hall–Kier alpha value is -4.46. The third-order valence-electron chi connectivity index (χ3n) is 11.0. The number of alkyl halides is 6. The maximum absolute atomic E-state index is 14.0. The molecule has 7 rings (SSSR count). The number of likely N-dealkylation sites (tertiary alicyclic amines) is 2. The second kappa shape index (κ2) is 15.5. The number of piperidine rings is 1. The second-order valence-electron chi connectivity index (χ2n) is 14.5. The minimum absolute atomic E-state index is 0.00168. The van der Waals surface area contributed by atoms with E-state index < -0.39 is 40.4 Å². The number of benzene rings is 4. The number of hydrogen-bond acceptors (Lipinski definition) is 4. The lowest BCUT2D eigenvalue weighted by atomic mass is 9.76. The van der Waals surface area contributed by atoms with E-state index in [0.29, 0.717) is 80.4 Å². The number of aromatic nitrogens is 2. The molecule has 15 heteroatoms. The fourth-order valence-electron chi connectivity index (χ4n) is 7.89. The van der Waals surface area contributed by atoms with Crippen LogP contribution in [0.15, 0.2) is 84.9 Å². The first kappa shape index (κ1) is 39.8. The Kier molecular flexibility index (Phi) is 11.0. The van der Waals surface area contributed by atoms with Gasteiger partial charge in [-0.25, -0.2) is 9.37 Å². The Morgan fingerprint density at radius 1 is 0.804 bits per heavy atom. The molecule has 4 aromatic carbocycles. The van der Waals surface area contributed by atoms with Crippen LogP contribution < -0.4 is 0 Å². The molecule has 0 bridgehead atoms. The van der Waals surface area contributed by atoms with Gasteiger partial charge in [0.25, 0.3) is 5.91 Å². The smallest absolute Gasteiger partial charge is 0.338 e. The number of Topliss-reactive ketones (excluding diaryl/α,β-unsaturated/α-hetero) is 1. The van der Waals surface area contributed by atoms with Gasteiger partial charge < -0.3 is 14.4 Å². The highest BCUT2D eigenvalue weighted by Gasteiger charge is 2.44. The maximum atomic E-state index is 14.0. The summed E-state index contributed by atoms with van der Waals surface area (Å²) < 4.78 is 97.2. The molecular weight excluding hydrogens is 784 g/mol. The van der Waals surface area contributed by atoms with E-state index in [4.69, 9.17) is 28.2 Å². The number of rotatable bonds is 9. The Morgan fingerprint density at radius 2 is 1.46 bits per heavy atom. The van der Waals surface area contributed by atoms with Gasteiger partial charge in [0, 0.05) is 36.5 Å². The highest BCUT2D eigenvalue weighted by Crippen LogP contribution is 2.42. The summed E-state index contributed by atoms with van der Waals surface area (Å²) >= 11 is 12.6. The fraction of sp³-hybridized carbons (Fsp3) is 0.341. The first-order valence-corrected chi connectivity index (χ1v) is 18.8. The number of para-hydroxylation sites is 2. The van der Waals surface area contributed by atoms with E-state index >= 15 is 0 Å². The predicted octanol–water partition coefficient (Wildman–Crippen LogP) is 10.3. The van der Waals surface area contributed by atoms with E-state index in [0.717, 1.165) is 16.6 Å². The van der Waals surface area contributed by atoms with Crippen molar-refractivity contribution in [3.8, 4) is 0 Å². The van der Waals surface area contributed by atoms with Crippen LogP contribution in [0.1, 0.15) is 68.9 Å². The van der Waals surface area contributed by atoms with Crippen molar-refractivity contribution in [1.82, 2.24) is 19.4 Å². The number of imidazole rings is 1. The number of fused-ring (bicyclic) bond motifs is 1. The number of carbonyl (C=O) groups excluding carboxylic acids is 2. The second-order valence-corrected chi connectivity index (χ2v) is 15.4. The van der Waals surface area contributed by atoms with Crippen LogP contribution in [0.5, 0.6) is 0 Å². The number of halogens is 9. The van der Waals surface area contributed by atoms with Crippen molar-refractivity contribution in [3.63, 3.8) is 0 Å². The van der Waals surface area contributed by atoms with Crippen molar-refractivity contribution < 1.29 is 40.3 Å². The summed E-state index contributed by atoms with van der Waals surface area (Å²) in [7, 11) is 0. The molecule has 0 saturated carbocycles.